The maximum absolute atomic E-state index is 10.7. The van der Waals surface area contributed by atoms with Gasteiger partial charge in [-0.2, -0.15) is 5.06 Å². The van der Waals surface area contributed by atoms with Gasteiger partial charge in [0.1, 0.15) is 0 Å². The lowest BCUT2D eigenvalue weighted by Crippen LogP contribution is -2.29. The molecule has 0 amide bonds. The molecule has 0 aliphatic carbocycles. The van der Waals surface area contributed by atoms with E-state index in [1.54, 1.807) is 0 Å². The summed E-state index contributed by atoms with van der Waals surface area (Å²) in [7, 11) is 0. The summed E-state index contributed by atoms with van der Waals surface area (Å²) in [6.07, 6.45) is 1.76. The van der Waals surface area contributed by atoms with E-state index >= 15 is 0 Å². The maximum atomic E-state index is 10.7. The van der Waals surface area contributed by atoms with Crippen molar-refractivity contribution in [2.24, 2.45) is 0 Å². The molecule has 106 valence electrons. The molecule has 0 saturated carbocycles. The average Bonchev–Trinajstić information content (AvgIpc) is 2.51. The van der Waals surface area contributed by atoms with Gasteiger partial charge >= 0.3 is 0 Å². The van der Waals surface area contributed by atoms with Crippen LogP contribution in [0.25, 0.3) is 0 Å². The monoisotopic (exact) mass is 269 g/mol. The number of hydrogen-bond acceptors (Lipinski definition) is 2. The van der Waals surface area contributed by atoms with Crippen LogP contribution in [0.3, 0.4) is 0 Å². The first kappa shape index (κ1) is 14.8. The summed E-state index contributed by atoms with van der Waals surface area (Å²) in [6, 6.07) is 20.5. The van der Waals surface area contributed by atoms with Gasteiger partial charge in [0.15, 0.2) is 0 Å². The lowest BCUT2D eigenvalue weighted by molar-refractivity contribution is -0.166. The van der Waals surface area contributed by atoms with Crippen molar-refractivity contribution >= 4 is 0 Å². The summed E-state index contributed by atoms with van der Waals surface area (Å²) in [5.41, 5.74) is 2.32. The molecule has 0 radical (unpaired) electrons. The number of hydrogen-bond donors (Lipinski definition) is 1. The summed E-state index contributed by atoms with van der Waals surface area (Å²) < 4.78 is 0. The molecular formula is C18H23NO. The van der Waals surface area contributed by atoms with Crippen LogP contribution in [0.15, 0.2) is 60.7 Å². The molecule has 0 spiro atoms. The molecule has 2 aromatic carbocycles. The Morgan fingerprint density at radius 1 is 0.750 bits per heavy atom. The minimum absolute atomic E-state index is 0.0290. The normalized spacial score (nSPS) is 14.2. The molecule has 0 aliphatic heterocycles. The van der Waals surface area contributed by atoms with E-state index in [1.807, 2.05) is 36.4 Å². The molecule has 2 unspecified atom stereocenters. The molecule has 0 aromatic heterocycles. The third-order valence-electron chi connectivity index (χ3n) is 3.78. The van der Waals surface area contributed by atoms with E-state index in [0.29, 0.717) is 0 Å². The zero-order valence-electron chi connectivity index (χ0n) is 12.2. The number of hydroxylamine groups is 2. The number of rotatable bonds is 6. The smallest absolute Gasteiger partial charge is 0.0603 e. The van der Waals surface area contributed by atoms with Crippen molar-refractivity contribution in [1.82, 2.24) is 5.06 Å². The SMILES string of the molecule is CCC(c1ccccc1)N(O)C(CC)c1ccccc1. The largest absolute Gasteiger partial charge is 0.313 e. The second-order valence-electron chi connectivity index (χ2n) is 5.05. The van der Waals surface area contributed by atoms with Crippen LogP contribution in [0.5, 0.6) is 0 Å². The first-order valence-electron chi connectivity index (χ1n) is 7.35. The Kier molecular flexibility index (Phi) is 5.33. The molecule has 2 rings (SSSR count). The lowest BCUT2D eigenvalue weighted by Gasteiger charge is -2.32. The molecular weight excluding hydrogens is 246 g/mol. The van der Waals surface area contributed by atoms with Crippen LogP contribution in [-0.2, 0) is 0 Å². The van der Waals surface area contributed by atoms with Crippen molar-refractivity contribution in [2.45, 2.75) is 38.8 Å². The predicted octanol–water partition coefficient (Wildman–Crippen LogP) is 4.98. The molecule has 0 heterocycles. The highest BCUT2D eigenvalue weighted by atomic mass is 16.5. The van der Waals surface area contributed by atoms with E-state index in [0.717, 1.165) is 24.0 Å². The Labute approximate surface area is 121 Å². The molecule has 1 N–H and O–H groups in total. The van der Waals surface area contributed by atoms with Gasteiger partial charge in [-0.1, -0.05) is 74.5 Å². The molecule has 0 saturated heterocycles. The van der Waals surface area contributed by atoms with E-state index in [-0.39, 0.29) is 12.1 Å². The van der Waals surface area contributed by atoms with E-state index in [2.05, 4.69) is 38.1 Å². The first-order chi connectivity index (χ1) is 9.77. The van der Waals surface area contributed by atoms with Crippen LogP contribution in [-0.4, -0.2) is 10.3 Å². The minimum atomic E-state index is 0.0290. The van der Waals surface area contributed by atoms with Crippen molar-refractivity contribution in [1.29, 1.82) is 0 Å². The second kappa shape index (κ2) is 7.22. The zero-order chi connectivity index (χ0) is 14.4. The van der Waals surface area contributed by atoms with Crippen LogP contribution < -0.4 is 0 Å². The Hall–Kier alpha value is -1.64. The van der Waals surface area contributed by atoms with Gasteiger partial charge in [0.05, 0.1) is 12.1 Å². The van der Waals surface area contributed by atoms with Crippen LogP contribution >= 0.6 is 0 Å². The number of benzene rings is 2. The minimum Gasteiger partial charge on any atom is -0.313 e. The standard InChI is InChI=1S/C18H23NO/c1-3-17(15-11-7-5-8-12-15)19(20)18(4-2)16-13-9-6-10-14-16/h5-14,17-18,20H,3-4H2,1-2H3. The summed E-state index contributed by atoms with van der Waals surface area (Å²) in [4.78, 5) is 0. The summed E-state index contributed by atoms with van der Waals surface area (Å²) in [5, 5.41) is 12.2. The van der Waals surface area contributed by atoms with Crippen molar-refractivity contribution < 1.29 is 5.21 Å². The molecule has 2 nitrogen and oxygen atoms in total. The third-order valence-corrected chi connectivity index (χ3v) is 3.78. The summed E-state index contributed by atoms with van der Waals surface area (Å²) >= 11 is 0. The fraction of sp³-hybridized carbons (Fsp3) is 0.333. The molecule has 2 aromatic rings. The Bertz CT molecular complexity index is 450. The van der Waals surface area contributed by atoms with Gasteiger partial charge in [0.25, 0.3) is 0 Å². The van der Waals surface area contributed by atoms with Gasteiger partial charge in [-0.25, -0.2) is 0 Å². The number of nitrogens with zero attached hydrogens (tertiary/aromatic N) is 1. The van der Waals surface area contributed by atoms with Gasteiger partial charge < -0.3 is 5.21 Å². The molecule has 0 fully saturated rings. The highest BCUT2D eigenvalue weighted by Gasteiger charge is 2.24. The molecule has 0 bridgehead atoms. The highest BCUT2D eigenvalue weighted by Crippen LogP contribution is 2.32. The second-order valence-corrected chi connectivity index (χ2v) is 5.05. The van der Waals surface area contributed by atoms with Gasteiger partial charge in [0.2, 0.25) is 0 Å². The average molecular weight is 269 g/mol. The van der Waals surface area contributed by atoms with Crippen LogP contribution in [0.4, 0.5) is 0 Å². The first-order valence-corrected chi connectivity index (χ1v) is 7.35. The van der Waals surface area contributed by atoms with E-state index < -0.39 is 0 Å². The van der Waals surface area contributed by atoms with Gasteiger partial charge in [0, 0.05) is 0 Å². The highest BCUT2D eigenvalue weighted by molar-refractivity contribution is 5.22. The van der Waals surface area contributed by atoms with E-state index in [4.69, 9.17) is 0 Å². The lowest BCUT2D eigenvalue weighted by atomic mass is 9.98. The van der Waals surface area contributed by atoms with Gasteiger partial charge in [-0.05, 0) is 24.0 Å². The molecule has 2 atom stereocenters. The van der Waals surface area contributed by atoms with Gasteiger partial charge in [-0.3, -0.25) is 0 Å². The third kappa shape index (κ3) is 3.27. The van der Waals surface area contributed by atoms with Crippen molar-refractivity contribution in [3.63, 3.8) is 0 Å². The fourth-order valence-electron chi connectivity index (χ4n) is 2.72. The molecule has 20 heavy (non-hydrogen) atoms. The fourth-order valence-corrected chi connectivity index (χ4v) is 2.72. The summed E-state index contributed by atoms with van der Waals surface area (Å²) in [6.45, 7) is 4.22. The maximum Gasteiger partial charge on any atom is 0.0603 e. The van der Waals surface area contributed by atoms with Crippen LogP contribution in [0.2, 0.25) is 0 Å². The topological polar surface area (TPSA) is 23.5 Å². The van der Waals surface area contributed by atoms with Crippen LogP contribution in [0, 0.1) is 0 Å². The Morgan fingerprint density at radius 2 is 1.10 bits per heavy atom. The van der Waals surface area contributed by atoms with Crippen molar-refractivity contribution in [2.75, 3.05) is 0 Å². The predicted molar refractivity (Wildman–Crippen MR) is 82.6 cm³/mol. The Balaban J connectivity index is 2.25. The van der Waals surface area contributed by atoms with Crippen LogP contribution in [0.1, 0.15) is 49.9 Å². The molecule has 0 aliphatic rings. The molecule has 2 heteroatoms. The zero-order valence-corrected chi connectivity index (χ0v) is 12.2. The van der Waals surface area contributed by atoms with Gasteiger partial charge in [-0.15, -0.1) is 0 Å². The van der Waals surface area contributed by atoms with E-state index in [9.17, 15) is 5.21 Å². The quantitative estimate of drug-likeness (QED) is 0.747. The Morgan fingerprint density at radius 3 is 1.40 bits per heavy atom. The van der Waals surface area contributed by atoms with Crippen molar-refractivity contribution in [3.8, 4) is 0 Å². The van der Waals surface area contributed by atoms with E-state index in [1.165, 1.54) is 5.06 Å². The summed E-state index contributed by atoms with van der Waals surface area (Å²) in [5.74, 6) is 0. The van der Waals surface area contributed by atoms with Crippen molar-refractivity contribution in [3.05, 3.63) is 71.8 Å².